The number of anilines is 1. The molecule has 1 N–H and O–H groups in total. The van der Waals surface area contributed by atoms with E-state index in [9.17, 15) is 9.59 Å². The van der Waals surface area contributed by atoms with Crippen molar-refractivity contribution in [2.45, 2.75) is 38.4 Å². The summed E-state index contributed by atoms with van der Waals surface area (Å²) >= 11 is 0. The summed E-state index contributed by atoms with van der Waals surface area (Å²) in [4.78, 5) is 23.5. The third-order valence-electron chi connectivity index (χ3n) is 3.46. The van der Waals surface area contributed by atoms with E-state index >= 15 is 0 Å². The van der Waals surface area contributed by atoms with E-state index in [1.165, 1.54) is 38.5 Å². The number of rotatable bonds is 3. The van der Waals surface area contributed by atoms with Crippen LogP contribution in [0, 0.1) is 0 Å². The Bertz CT molecular complexity index is 590. The zero-order chi connectivity index (χ0) is 15.0. The Morgan fingerprint density at radius 1 is 1.10 bits per heavy atom. The van der Waals surface area contributed by atoms with Gasteiger partial charge in [-0.25, -0.2) is 9.59 Å². The van der Waals surface area contributed by atoms with Crippen molar-refractivity contribution in [2.75, 3.05) is 5.32 Å². The summed E-state index contributed by atoms with van der Waals surface area (Å²) in [6.07, 6.45) is 3.83. The minimum absolute atomic E-state index is 0.138. The van der Waals surface area contributed by atoms with Crippen LogP contribution in [0.2, 0.25) is 0 Å². The van der Waals surface area contributed by atoms with Crippen LogP contribution in [-0.2, 0) is 19.1 Å². The van der Waals surface area contributed by atoms with Crippen LogP contribution in [0.1, 0.15) is 38.2 Å². The van der Waals surface area contributed by atoms with Crippen LogP contribution in [0.15, 0.2) is 36.0 Å². The van der Waals surface area contributed by atoms with Crippen LogP contribution in [0.4, 0.5) is 5.69 Å². The fourth-order valence-electron chi connectivity index (χ4n) is 2.20. The molecule has 0 spiro atoms. The second-order valence-corrected chi connectivity index (χ2v) is 5.78. The van der Waals surface area contributed by atoms with Gasteiger partial charge in [-0.15, -0.1) is 0 Å². The molecule has 0 radical (unpaired) electrons. The van der Waals surface area contributed by atoms with Gasteiger partial charge in [-0.3, -0.25) is 0 Å². The minimum atomic E-state index is -1.21. The Balaban J connectivity index is 1.70. The first kappa shape index (κ1) is 13.7. The van der Waals surface area contributed by atoms with E-state index in [0.717, 1.165) is 5.69 Å². The van der Waals surface area contributed by atoms with Crippen LogP contribution in [0.25, 0.3) is 0 Å². The molecular weight excluding hydrogens is 270 g/mol. The van der Waals surface area contributed by atoms with Gasteiger partial charge in [0.25, 0.3) is 5.79 Å². The van der Waals surface area contributed by atoms with E-state index in [1.807, 2.05) is 12.1 Å². The van der Waals surface area contributed by atoms with E-state index < -0.39 is 17.7 Å². The predicted molar refractivity (Wildman–Crippen MR) is 76.4 cm³/mol. The van der Waals surface area contributed by atoms with E-state index in [4.69, 9.17) is 9.47 Å². The van der Waals surface area contributed by atoms with Crippen LogP contribution in [0.5, 0.6) is 0 Å². The molecule has 0 atom stereocenters. The molecule has 5 nitrogen and oxygen atoms in total. The number of benzene rings is 1. The van der Waals surface area contributed by atoms with Gasteiger partial charge in [0.2, 0.25) is 0 Å². The number of hydrogen-bond acceptors (Lipinski definition) is 5. The normalized spacial score (nSPS) is 20.6. The molecule has 1 saturated heterocycles. The molecule has 21 heavy (non-hydrogen) atoms. The lowest BCUT2D eigenvalue weighted by atomic mass is 10.1. The highest BCUT2D eigenvalue weighted by atomic mass is 16.7. The largest absolute Gasteiger partial charge is 0.419 e. The SMILES string of the molecule is CC1(C)OC(=O)C(=CNc2ccc(C3CC3)cc2)C(=O)O1. The molecule has 5 heteroatoms. The highest BCUT2D eigenvalue weighted by molar-refractivity contribution is 6.15. The smallest absolute Gasteiger partial charge is 0.350 e. The number of cyclic esters (lactones) is 2. The number of esters is 2. The average molecular weight is 287 g/mol. The molecule has 1 aliphatic carbocycles. The van der Waals surface area contributed by atoms with E-state index in [0.29, 0.717) is 5.92 Å². The van der Waals surface area contributed by atoms with Gasteiger partial charge in [0.1, 0.15) is 0 Å². The zero-order valence-corrected chi connectivity index (χ0v) is 12.0. The quantitative estimate of drug-likeness (QED) is 0.526. The number of nitrogens with one attached hydrogen (secondary N) is 1. The van der Waals surface area contributed by atoms with E-state index in [-0.39, 0.29) is 5.57 Å². The fraction of sp³-hybridized carbons (Fsp3) is 0.375. The van der Waals surface area contributed by atoms with Crippen molar-refractivity contribution in [1.29, 1.82) is 0 Å². The van der Waals surface area contributed by atoms with Crippen molar-refractivity contribution in [3.05, 3.63) is 41.6 Å². The standard InChI is InChI=1S/C16H17NO4/c1-16(2)20-14(18)13(15(19)21-16)9-17-12-7-5-11(6-8-12)10-3-4-10/h5-10,17H,3-4H2,1-2H3. The predicted octanol–water partition coefficient (Wildman–Crippen LogP) is 2.70. The molecule has 3 rings (SSSR count). The van der Waals surface area contributed by atoms with Crippen LogP contribution in [0.3, 0.4) is 0 Å². The third kappa shape index (κ3) is 3.07. The molecule has 0 amide bonds. The molecule has 1 saturated carbocycles. The summed E-state index contributed by atoms with van der Waals surface area (Å²) in [5.74, 6) is -1.88. The summed E-state index contributed by atoms with van der Waals surface area (Å²) < 4.78 is 10.0. The van der Waals surface area contributed by atoms with Gasteiger partial charge in [0, 0.05) is 25.7 Å². The highest BCUT2D eigenvalue weighted by Gasteiger charge is 2.38. The number of hydrogen-bond donors (Lipinski definition) is 1. The Kier molecular flexibility index (Phi) is 3.20. The Hall–Kier alpha value is -2.30. The minimum Gasteiger partial charge on any atom is -0.419 e. The van der Waals surface area contributed by atoms with Gasteiger partial charge in [0.15, 0.2) is 5.57 Å². The second-order valence-electron chi connectivity index (χ2n) is 5.78. The first-order valence-corrected chi connectivity index (χ1v) is 6.98. The molecule has 110 valence electrons. The van der Waals surface area contributed by atoms with Gasteiger partial charge in [0.05, 0.1) is 0 Å². The summed E-state index contributed by atoms with van der Waals surface area (Å²) in [7, 11) is 0. The molecule has 1 aromatic rings. The molecule has 2 fully saturated rings. The molecule has 2 aliphatic rings. The van der Waals surface area contributed by atoms with Crippen molar-refractivity contribution in [3.63, 3.8) is 0 Å². The molecule has 1 aromatic carbocycles. The first-order chi connectivity index (χ1) is 9.94. The average Bonchev–Trinajstić information content (AvgIpc) is 3.21. The van der Waals surface area contributed by atoms with Gasteiger partial charge >= 0.3 is 11.9 Å². The number of carbonyl (C=O) groups excluding carboxylic acids is 2. The maximum Gasteiger partial charge on any atom is 0.350 e. The topological polar surface area (TPSA) is 64.6 Å². The van der Waals surface area contributed by atoms with Gasteiger partial charge in [-0.05, 0) is 36.5 Å². The zero-order valence-electron chi connectivity index (χ0n) is 12.0. The molecule has 1 heterocycles. The van der Waals surface area contributed by atoms with E-state index in [1.54, 1.807) is 0 Å². The molecule has 0 bridgehead atoms. The van der Waals surface area contributed by atoms with Crippen molar-refractivity contribution < 1.29 is 19.1 Å². The van der Waals surface area contributed by atoms with Gasteiger partial charge in [-0.1, -0.05) is 12.1 Å². The Morgan fingerprint density at radius 2 is 1.67 bits per heavy atom. The van der Waals surface area contributed by atoms with Crippen molar-refractivity contribution >= 4 is 17.6 Å². The molecule has 0 aromatic heterocycles. The van der Waals surface area contributed by atoms with Crippen molar-refractivity contribution in [3.8, 4) is 0 Å². The van der Waals surface area contributed by atoms with Crippen molar-refractivity contribution in [2.24, 2.45) is 0 Å². The number of carbonyl (C=O) groups is 2. The maximum absolute atomic E-state index is 11.8. The van der Waals surface area contributed by atoms with Crippen LogP contribution < -0.4 is 5.32 Å². The Labute approximate surface area is 122 Å². The van der Waals surface area contributed by atoms with Gasteiger partial charge in [-0.2, -0.15) is 0 Å². The lowest BCUT2D eigenvalue weighted by Crippen LogP contribution is -2.42. The summed E-state index contributed by atoms with van der Waals surface area (Å²) in [5.41, 5.74) is 1.99. The lowest BCUT2D eigenvalue weighted by Gasteiger charge is -2.29. The lowest BCUT2D eigenvalue weighted by molar-refractivity contribution is -0.222. The summed E-state index contributed by atoms with van der Waals surface area (Å²) in [6, 6.07) is 7.96. The summed E-state index contributed by atoms with van der Waals surface area (Å²) in [6.45, 7) is 3.03. The van der Waals surface area contributed by atoms with Crippen LogP contribution >= 0.6 is 0 Å². The fourth-order valence-corrected chi connectivity index (χ4v) is 2.20. The van der Waals surface area contributed by atoms with Crippen molar-refractivity contribution in [1.82, 2.24) is 0 Å². The molecule has 1 aliphatic heterocycles. The highest BCUT2D eigenvalue weighted by Crippen LogP contribution is 2.40. The molecular formula is C16H17NO4. The monoisotopic (exact) mass is 287 g/mol. The second kappa shape index (κ2) is 4.91. The van der Waals surface area contributed by atoms with E-state index in [2.05, 4.69) is 17.4 Å². The summed E-state index contributed by atoms with van der Waals surface area (Å²) in [5, 5.41) is 2.93. The van der Waals surface area contributed by atoms with Gasteiger partial charge < -0.3 is 14.8 Å². The maximum atomic E-state index is 11.8. The van der Waals surface area contributed by atoms with Crippen LogP contribution in [-0.4, -0.2) is 17.7 Å². The first-order valence-electron chi connectivity index (χ1n) is 6.98. The Morgan fingerprint density at radius 3 is 2.19 bits per heavy atom. The number of ether oxygens (including phenoxy) is 2. The third-order valence-corrected chi connectivity index (χ3v) is 3.46. The molecule has 0 unspecified atom stereocenters.